The van der Waals surface area contributed by atoms with Crippen LogP contribution in [0.1, 0.15) is 32.3 Å². The van der Waals surface area contributed by atoms with E-state index in [1.807, 2.05) is 32.1 Å². The summed E-state index contributed by atoms with van der Waals surface area (Å²) >= 11 is 0. The van der Waals surface area contributed by atoms with Crippen molar-refractivity contribution in [2.75, 3.05) is 5.75 Å². The zero-order valence-electron chi connectivity index (χ0n) is 10.7. The average molecular weight is 252 g/mol. The van der Waals surface area contributed by atoms with Gasteiger partial charge in [-0.2, -0.15) is 0 Å². The molecule has 0 aliphatic rings. The fourth-order valence-electron chi connectivity index (χ4n) is 1.47. The number of aryl methyl sites for hydroxylation is 1. The van der Waals surface area contributed by atoms with Crippen LogP contribution >= 0.6 is 0 Å². The van der Waals surface area contributed by atoms with Gasteiger partial charge in [0.15, 0.2) is 9.84 Å². The van der Waals surface area contributed by atoms with Gasteiger partial charge in [0, 0.05) is 0 Å². The van der Waals surface area contributed by atoms with Crippen LogP contribution in [0, 0.1) is 6.92 Å². The molecule has 94 valence electrons. The van der Waals surface area contributed by atoms with Gasteiger partial charge in [-0.3, -0.25) is 0 Å². The molecule has 0 aliphatic carbocycles. The SMILES string of the molecule is CC/C(C)=C\CCS(=O)(=O)c1ccc(C)cc1. The summed E-state index contributed by atoms with van der Waals surface area (Å²) in [6.07, 6.45) is 3.58. The van der Waals surface area contributed by atoms with Crippen LogP contribution in [0.4, 0.5) is 0 Å². The Hall–Kier alpha value is -1.09. The molecule has 0 unspecified atom stereocenters. The van der Waals surface area contributed by atoms with E-state index in [0.717, 1.165) is 12.0 Å². The van der Waals surface area contributed by atoms with Crippen molar-refractivity contribution in [3.8, 4) is 0 Å². The van der Waals surface area contributed by atoms with Gasteiger partial charge in [0.1, 0.15) is 0 Å². The highest BCUT2D eigenvalue weighted by molar-refractivity contribution is 7.91. The van der Waals surface area contributed by atoms with Crippen LogP contribution in [-0.2, 0) is 9.84 Å². The van der Waals surface area contributed by atoms with Gasteiger partial charge < -0.3 is 0 Å². The first kappa shape index (κ1) is 14.0. The molecule has 1 rings (SSSR count). The molecule has 0 bridgehead atoms. The maximum Gasteiger partial charge on any atom is 0.178 e. The molecule has 0 aliphatic heterocycles. The molecule has 0 amide bonds. The van der Waals surface area contributed by atoms with Gasteiger partial charge in [-0.15, -0.1) is 0 Å². The van der Waals surface area contributed by atoms with Crippen LogP contribution in [0.5, 0.6) is 0 Å². The van der Waals surface area contributed by atoms with E-state index in [1.165, 1.54) is 5.57 Å². The first-order valence-corrected chi connectivity index (χ1v) is 7.56. The van der Waals surface area contributed by atoms with Gasteiger partial charge >= 0.3 is 0 Å². The summed E-state index contributed by atoms with van der Waals surface area (Å²) in [5.74, 6) is 0.188. The highest BCUT2D eigenvalue weighted by Gasteiger charge is 2.12. The topological polar surface area (TPSA) is 34.1 Å². The molecule has 0 saturated heterocycles. The number of sulfone groups is 1. The molecule has 0 N–H and O–H groups in total. The second-order valence-electron chi connectivity index (χ2n) is 4.32. The van der Waals surface area contributed by atoms with E-state index in [-0.39, 0.29) is 5.75 Å². The summed E-state index contributed by atoms with van der Waals surface area (Å²) in [5.41, 5.74) is 2.31. The van der Waals surface area contributed by atoms with Crippen molar-refractivity contribution in [2.24, 2.45) is 0 Å². The zero-order valence-corrected chi connectivity index (χ0v) is 11.5. The van der Waals surface area contributed by atoms with E-state index in [4.69, 9.17) is 0 Å². The van der Waals surface area contributed by atoms with E-state index in [9.17, 15) is 8.42 Å². The standard InChI is InChI=1S/C14H20O2S/c1-4-12(2)6-5-11-17(15,16)14-9-7-13(3)8-10-14/h6-10H,4-5,11H2,1-3H3/b12-6-. The number of rotatable bonds is 5. The second kappa shape index (κ2) is 6.01. The highest BCUT2D eigenvalue weighted by atomic mass is 32.2. The van der Waals surface area contributed by atoms with Crippen molar-refractivity contribution in [1.82, 2.24) is 0 Å². The van der Waals surface area contributed by atoms with Crippen LogP contribution in [0.15, 0.2) is 40.8 Å². The Morgan fingerprint density at radius 2 is 1.82 bits per heavy atom. The highest BCUT2D eigenvalue weighted by Crippen LogP contribution is 2.13. The maximum absolute atomic E-state index is 12.0. The van der Waals surface area contributed by atoms with E-state index < -0.39 is 9.84 Å². The number of hydrogen-bond acceptors (Lipinski definition) is 2. The Labute approximate surface area is 104 Å². The lowest BCUT2D eigenvalue weighted by atomic mass is 10.2. The van der Waals surface area contributed by atoms with E-state index in [1.54, 1.807) is 12.1 Å². The lowest BCUT2D eigenvalue weighted by Crippen LogP contribution is -2.06. The summed E-state index contributed by atoms with van der Waals surface area (Å²) in [5, 5.41) is 0. The normalized spacial score (nSPS) is 12.8. The number of benzene rings is 1. The summed E-state index contributed by atoms with van der Waals surface area (Å²) < 4.78 is 24.0. The first-order chi connectivity index (χ1) is 7.95. The van der Waals surface area contributed by atoms with Crippen molar-refractivity contribution in [3.63, 3.8) is 0 Å². The molecule has 2 nitrogen and oxygen atoms in total. The molecule has 1 aromatic rings. The fourth-order valence-corrected chi connectivity index (χ4v) is 2.68. The van der Waals surface area contributed by atoms with E-state index in [2.05, 4.69) is 6.92 Å². The van der Waals surface area contributed by atoms with E-state index >= 15 is 0 Å². The van der Waals surface area contributed by atoms with Crippen molar-refractivity contribution >= 4 is 9.84 Å². The Kier molecular flexibility index (Phi) is 4.94. The molecule has 0 heterocycles. The molecule has 0 spiro atoms. The molecular formula is C14H20O2S. The number of allylic oxidation sites excluding steroid dienone is 2. The van der Waals surface area contributed by atoms with Gasteiger partial charge in [-0.1, -0.05) is 36.3 Å². The van der Waals surface area contributed by atoms with Crippen LogP contribution in [0.2, 0.25) is 0 Å². The van der Waals surface area contributed by atoms with Gasteiger partial charge in [0.2, 0.25) is 0 Å². The molecule has 0 aromatic heterocycles. The van der Waals surface area contributed by atoms with Crippen molar-refractivity contribution < 1.29 is 8.42 Å². The van der Waals surface area contributed by atoms with Gasteiger partial charge in [-0.25, -0.2) is 8.42 Å². The quantitative estimate of drug-likeness (QED) is 0.751. The lowest BCUT2D eigenvalue weighted by molar-refractivity contribution is 0.595. The van der Waals surface area contributed by atoms with Gasteiger partial charge in [0.25, 0.3) is 0 Å². The molecular weight excluding hydrogens is 232 g/mol. The molecule has 17 heavy (non-hydrogen) atoms. The molecule has 3 heteroatoms. The molecule has 0 fully saturated rings. The summed E-state index contributed by atoms with van der Waals surface area (Å²) in [6, 6.07) is 7.03. The smallest absolute Gasteiger partial charge is 0.178 e. The molecule has 1 aromatic carbocycles. The largest absolute Gasteiger partial charge is 0.224 e. The summed E-state index contributed by atoms with van der Waals surface area (Å²) in [4.78, 5) is 0.422. The monoisotopic (exact) mass is 252 g/mol. The van der Waals surface area contributed by atoms with Crippen molar-refractivity contribution in [1.29, 1.82) is 0 Å². The van der Waals surface area contributed by atoms with Gasteiger partial charge in [0.05, 0.1) is 10.6 Å². The fraction of sp³-hybridized carbons (Fsp3) is 0.429. The Bertz CT molecular complexity index is 481. The third kappa shape index (κ3) is 4.35. The maximum atomic E-state index is 12.0. The minimum atomic E-state index is -3.13. The van der Waals surface area contributed by atoms with Gasteiger partial charge in [-0.05, 0) is 38.8 Å². The second-order valence-corrected chi connectivity index (χ2v) is 6.43. The third-order valence-corrected chi connectivity index (χ3v) is 4.58. The Morgan fingerprint density at radius 3 is 2.35 bits per heavy atom. The summed E-state index contributed by atoms with van der Waals surface area (Å²) in [7, 11) is -3.13. The summed E-state index contributed by atoms with van der Waals surface area (Å²) in [6.45, 7) is 6.04. The Morgan fingerprint density at radius 1 is 1.24 bits per heavy atom. The average Bonchev–Trinajstić information content (AvgIpc) is 2.29. The Balaban J connectivity index is 2.73. The predicted octanol–water partition coefficient (Wildman–Crippen LogP) is 3.52. The lowest BCUT2D eigenvalue weighted by Gasteiger charge is -2.03. The minimum absolute atomic E-state index is 0.188. The van der Waals surface area contributed by atoms with Crippen molar-refractivity contribution in [2.45, 2.75) is 38.5 Å². The van der Waals surface area contributed by atoms with Crippen LogP contribution in [0.3, 0.4) is 0 Å². The van der Waals surface area contributed by atoms with E-state index in [0.29, 0.717) is 11.3 Å². The minimum Gasteiger partial charge on any atom is -0.224 e. The molecule has 0 saturated carbocycles. The third-order valence-electron chi connectivity index (χ3n) is 2.82. The molecule has 0 radical (unpaired) electrons. The van der Waals surface area contributed by atoms with Crippen molar-refractivity contribution in [3.05, 3.63) is 41.5 Å². The van der Waals surface area contributed by atoms with Crippen LogP contribution in [-0.4, -0.2) is 14.2 Å². The van der Waals surface area contributed by atoms with Crippen LogP contribution < -0.4 is 0 Å². The zero-order chi connectivity index (χ0) is 12.9. The van der Waals surface area contributed by atoms with Crippen LogP contribution in [0.25, 0.3) is 0 Å². The number of hydrogen-bond donors (Lipinski definition) is 0. The molecule has 0 atom stereocenters. The first-order valence-electron chi connectivity index (χ1n) is 5.91. The predicted molar refractivity (Wildman–Crippen MR) is 71.9 cm³/mol.